The van der Waals surface area contributed by atoms with Gasteiger partial charge in [0.05, 0.1) is 14.7 Å². The number of hydrogen-bond donors (Lipinski definition) is 0. The summed E-state index contributed by atoms with van der Waals surface area (Å²) in [6.07, 6.45) is 2.93. The third-order valence-electron chi connectivity index (χ3n) is 3.72. The first kappa shape index (κ1) is 14.2. The van der Waals surface area contributed by atoms with Gasteiger partial charge in [0.15, 0.2) is 0 Å². The summed E-state index contributed by atoms with van der Waals surface area (Å²) < 4.78 is 2.85. The number of rotatable bonds is 1. The molecule has 0 fully saturated rings. The molecule has 0 bridgehead atoms. The average Bonchev–Trinajstić information content (AvgIpc) is 3.07. The second-order valence-corrected chi connectivity index (χ2v) is 8.05. The fourth-order valence-electron chi connectivity index (χ4n) is 2.71. The minimum absolute atomic E-state index is 0.00688. The molecule has 0 saturated carbocycles. The van der Waals surface area contributed by atoms with E-state index in [0.29, 0.717) is 22.5 Å². The fraction of sp³-hybridized carbons (Fsp3) is 0.125. The second-order valence-electron chi connectivity index (χ2n) is 5.12. The van der Waals surface area contributed by atoms with Crippen LogP contribution in [-0.4, -0.2) is 9.55 Å². The largest absolute Gasteiger partial charge is 0.292 e. The van der Waals surface area contributed by atoms with Crippen LogP contribution in [0, 0.1) is 0 Å². The molecule has 0 N–H and O–H groups in total. The Morgan fingerprint density at radius 3 is 2.95 bits per heavy atom. The van der Waals surface area contributed by atoms with Crippen molar-refractivity contribution in [3.63, 3.8) is 0 Å². The van der Waals surface area contributed by atoms with E-state index < -0.39 is 0 Å². The lowest BCUT2D eigenvalue weighted by Gasteiger charge is -2.05. The summed E-state index contributed by atoms with van der Waals surface area (Å²) in [7, 11) is 0. The van der Waals surface area contributed by atoms with E-state index in [0.717, 1.165) is 26.5 Å². The summed E-state index contributed by atoms with van der Waals surface area (Å²) in [5.74, 6) is 0.754. The van der Waals surface area contributed by atoms with Crippen molar-refractivity contribution in [1.29, 1.82) is 0 Å². The minimum atomic E-state index is 0.00688. The monoisotopic (exact) mass is 392 g/mol. The molecule has 0 amide bonds. The van der Waals surface area contributed by atoms with E-state index in [1.807, 2.05) is 6.07 Å². The van der Waals surface area contributed by atoms with E-state index in [4.69, 9.17) is 11.6 Å². The molecule has 0 atom stereocenters. The third-order valence-corrected chi connectivity index (χ3v) is 5.53. The van der Waals surface area contributed by atoms with Gasteiger partial charge in [0.1, 0.15) is 5.82 Å². The Labute approximate surface area is 144 Å². The smallest absolute Gasteiger partial charge is 0.261 e. The number of nitrogens with zero attached hydrogens (tertiary/aromatic N) is 2. The highest BCUT2D eigenvalue weighted by Crippen LogP contribution is 2.31. The molecule has 1 aliphatic heterocycles. The van der Waals surface area contributed by atoms with Gasteiger partial charge in [-0.25, -0.2) is 4.98 Å². The van der Waals surface area contributed by atoms with Gasteiger partial charge >= 0.3 is 0 Å². The summed E-state index contributed by atoms with van der Waals surface area (Å²) >= 11 is 11.2. The quantitative estimate of drug-likeness (QED) is 0.594. The van der Waals surface area contributed by atoms with Crippen molar-refractivity contribution in [1.82, 2.24) is 9.55 Å². The van der Waals surface area contributed by atoms with Crippen molar-refractivity contribution in [2.45, 2.75) is 13.0 Å². The molecule has 22 heavy (non-hydrogen) atoms. The predicted octanol–water partition coefficient (Wildman–Crippen LogP) is 4.82. The Hall–Kier alpha value is -1.43. The van der Waals surface area contributed by atoms with Crippen LogP contribution in [-0.2, 0) is 6.54 Å². The van der Waals surface area contributed by atoms with Crippen molar-refractivity contribution < 1.29 is 0 Å². The summed E-state index contributed by atoms with van der Waals surface area (Å²) in [4.78, 5) is 18.4. The highest BCUT2D eigenvalue weighted by atomic mass is 79.9. The molecule has 0 aliphatic carbocycles. The van der Waals surface area contributed by atoms with Crippen LogP contribution in [0.5, 0.6) is 0 Å². The van der Waals surface area contributed by atoms with Gasteiger partial charge in [0, 0.05) is 16.4 Å². The van der Waals surface area contributed by atoms with Crippen LogP contribution in [0.2, 0.25) is 5.02 Å². The molecule has 0 unspecified atom stereocenters. The Morgan fingerprint density at radius 2 is 2.18 bits per heavy atom. The zero-order valence-corrected chi connectivity index (χ0v) is 14.5. The van der Waals surface area contributed by atoms with Crippen LogP contribution in [0.4, 0.5) is 0 Å². The molecule has 3 heterocycles. The van der Waals surface area contributed by atoms with Gasteiger partial charge in [-0.1, -0.05) is 11.6 Å². The SMILES string of the molecule is O=c1c2ccc(Cl)cc2nc2n1CC/C2=C\c1ccc(Br)s1. The van der Waals surface area contributed by atoms with E-state index in [1.54, 1.807) is 34.1 Å². The Kier molecular flexibility index (Phi) is 3.44. The maximum absolute atomic E-state index is 12.6. The van der Waals surface area contributed by atoms with Crippen LogP contribution in [0.3, 0.4) is 0 Å². The Morgan fingerprint density at radius 1 is 1.32 bits per heavy atom. The van der Waals surface area contributed by atoms with E-state index in [1.165, 1.54) is 0 Å². The first-order chi connectivity index (χ1) is 10.6. The molecule has 2 aromatic heterocycles. The average molecular weight is 394 g/mol. The van der Waals surface area contributed by atoms with Gasteiger partial charge in [0.2, 0.25) is 0 Å². The lowest BCUT2D eigenvalue weighted by atomic mass is 10.2. The summed E-state index contributed by atoms with van der Waals surface area (Å²) in [6, 6.07) is 9.30. The van der Waals surface area contributed by atoms with Gasteiger partial charge in [-0.3, -0.25) is 9.36 Å². The lowest BCUT2D eigenvalue weighted by Crippen LogP contribution is -2.20. The second kappa shape index (κ2) is 5.33. The molecule has 1 aliphatic rings. The Bertz CT molecular complexity index is 989. The topological polar surface area (TPSA) is 34.9 Å². The molecular weight excluding hydrogens is 384 g/mol. The summed E-state index contributed by atoms with van der Waals surface area (Å²) in [5.41, 5.74) is 1.75. The number of fused-ring (bicyclic) bond motifs is 2. The Balaban J connectivity index is 1.93. The zero-order valence-electron chi connectivity index (χ0n) is 11.3. The number of hydrogen-bond acceptors (Lipinski definition) is 3. The van der Waals surface area contributed by atoms with Crippen molar-refractivity contribution in [3.8, 4) is 0 Å². The summed E-state index contributed by atoms with van der Waals surface area (Å²) in [5, 5.41) is 1.21. The van der Waals surface area contributed by atoms with E-state index in [9.17, 15) is 4.79 Å². The number of thiophene rings is 1. The van der Waals surface area contributed by atoms with E-state index >= 15 is 0 Å². The molecule has 1 aromatic carbocycles. The normalized spacial score (nSPS) is 15.6. The van der Waals surface area contributed by atoms with Crippen molar-refractivity contribution in [3.05, 3.63) is 60.2 Å². The van der Waals surface area contributed by atoms with Crippen molar-refractivity contribution in [2.75, 3.05) is 0 Å². The highest BCUT2D eigenvalue weighted by molar-refractivity contribution is 9.11. The highest BCUT2D eigenvalue weighted by Gasteiger charge is 2.21. The van der Waals surface area contributed by atoms with Crippen molar-refractivity contribution in [2.24, 2.45) is 0 Å². The van der Waals surface area contributed by atoms with E-state index in [2.05, 4.69) is 33.1 Å². The maximum Gasteiger partial charge on any atom is 0.261 e. The predicted molar refractivity (Wildman–Crippen MR) is 95.5 cm³/mol. The van der Waals surface area contributed by atoms with Gasteiger partial charge in [0.25, 0.3) is 5.56 Å². The molecule has 0 spiro atoms. The number of halogens is 2. The van der Waals surface area contributed by atoms with Gasteiger partial charge in [-0.05, 0) is 64.3 Å². The van der Waals surface area contributed by atoms with Crippen LogP contribution in [0.25, 0.3) is 22.6 Å². The minimum Gasteiger partial charge on any atom is -0.292 e. The number of allylic oxidation sites excluding steroid dienone is 1. The lowest BCUT2D eigenvalue weighted by molar-refractivity contribution is 0.725. The van der Waals surface area contributed by atoms with Gasteiger partial charge in [-0.15, -0.1) is 11.3 Å². The van der Waals surface area contributed by atoms with E-state index in [-0.39, 0.29) is 5.56 Å². The molecule has 110 valence electrons. The standard InChI is InChI=1S/C16H10BrClN2OS/c17-14-4-2-11(22-14)7-9-5-6-20-15(9)19-13-8-10(18)1-3-12(13)16(20)21/h1-4,7-8H,5-6H2/b9-7+. The molecule has 0 radical (unpaired) electrons. The van der Waals surface area contributed by atoms with Crippen molar-refractivity contribution >= 4 is 61.4 Å². The summed E-state index contributed by atoms with van der Waals surface area (Å²) in [6.45, 7) is 0.679. The molecule has 0 saturated heterocycles. The van der Waals surface area contributed by atoms with Crippen LogP contribution in [0.1, 0.15) is 17.1 Å². The van der Waals surface area contributed by atoms with Crippen LogP contribution >= 0.6 is 38.9 Å². The molecule has 3 aromatic rings. The first-order valence-electron chi connectivity index (χ1n) is 6.78. The third kappa shape index (κ3) is 2.33. The number of aromatic nitrogens is 2. The molecule has 3 nitrogen and oxygen atoms in total. The van der Waals surface area contributed by atoms with Gasteiger partial charge < -0.3 is 0 Å². The number of benzene rings is 1. The zero-order chi connectivity index (χ0) is 15.3. The van der Waals surface area contributed by atoms with Gasteiger partial charge in [-0.2, -0.15) is 0 Å². The molecule has 6 heteroatoms. The molecule has 4 rings (SSSR count). The fourth-order valence-corrected chi connectivity index (χ4v) is 4.26. The molecular formula is C16H10BrClN2OS. The van der Waals surface area contributed by atoms with Crippen LogP contribution < -0.4 is 5.56 Å². The van der Waals surface area contributed by atoms with Crippen LogP contribution in [0.15, 0.2) is 38.9 Å². The first-order valence-corrected chi connectivity index (χ1v) is 8.77. The maximum atomic E-state index is 12.6.